The molecule has 0 unspecified atom stereocenters. The lowest BCUT2D eigenvalue weighted by molar-refractivity contribution is -0.142. The van der Waals surface area contributed by atoms with Gasteiger partial charge < -0.3 is 10.2 Å². The van der Waals surface area contributed by atoms with E-state index in [1.165, 1.54) is 6.07 Å². The molecule has 1 aromatic rings. The number of piperidine rings is 1. The van der Waals surface area contributed by atoms with Crippen molar-refractivity contribution in [2.45, 2.75) is 52.5 Å². The molecule has 2 aliphatic rings. The second-order valence-corrected chi connectivity index (χ2v) is 8.25. The number of hydrogen-bond acceptors (Lipinski definition) is 2. The van der Waals surface area contributed by atoms with Gasteiger partial charge in [0.2, 0.25) is 11.8 Å². The molecule has 4 nitrogen and oxygen atoms in total. The summed E-state index contributed by atoms with van der Waals surface area (Å²) >= 11 is 0. The van der Waals surface area contributed by atoms with Gasteiger partial charge >= 0.3 is 0 Å². The van der Waals surface area contributed by atoms with Crippen LogP contribution in [0, 0.1) is 17.2 Å². The number of fused-ring (bicyclic) bond motifs is 1. The molecule has 0 bridgehead atoms. The van der Waals surface area contributed by atoms with Gasteiger partial charge in [0.15, 0.2) is 0 Å². The van der Waals surface area contributed by atoms with E-state index in [-0.39, 0.29) is 29.6 Å². The van der Waals surface area contributed by atoms with Gasteiger partial charge in [-0.25, -0.2) is 4.39 Å². The maximum Gasteiger partial charge on any atom is 0.227 e. The molecule has 0 aromatic heterocycles. The van der Waals surface area contributed by atoms with Crippen molar-refractivity contribution in [1.29, 1.82) is 0 Å². The minimum atomic E-state index is -0.430. The number of benzene rings is 1. The first kappa shape index (κ1) is 17.9. The normalized spacial score (nSPS) is 23.3. The summed E-state index contributed by atoms with van der Waals surface area (Å²) in [5.41, 5.74) is 1.19. The van der Waals surface area contributed by atoms with Crippen molar-refractivity contribution < 1.29 is 14.0 Å². The molecule has 1 aliphatic heterocycles. The minimum Gasteiger partial charge on any atom is -0.349 e. The molecule has 0 radical (unpaired) electrons. The quantitative estimate of drug-likeness (QED) is 0.894. The van der Waals surface area contributed by atoms with Crippen LogP contribution in [0.15, 0.2) is 18.2 Å². The molecule has 1 fully saturated rings. The topological polar surface area (TPSA) is 49.4 Å². The van der Waals surface area contributed by atoms with Gasteiger partial charge in [0.25, 0.3) is 0 Å². The van der Waals surface area contributed by atoms with Gasteiger partial charge in [-0.2, -0.15) is 0 Å². The fraction of sp³-hybridized carbons (Fsp3) is 0.600. The summed E-state index contributed by atoms with van der Waals surface area (Å²) in [6, 6.07) is 4.95. The Hall–Kier alpha value is -1.91. The molecule has 2 amide bonds. The highest BCUT2D eigenvalue weighted by molar-refractivity contribution is 5.84. The molecule has 1 saturated heterocycles. The fourth-order valence-corrected chi connectivity index (χ4v) is 3.90. The van der Waals surface area contributed by atoms with Crippen LogP contribution in [0.5, 0.6) is 0 Å². The van der Waals surface area contributed by atoms with Gasteiger partial charge in [-0.15, -0.1) is 0 Å². The van der Waals surface area contributed by atoms with Gasteiger partial charge in [0.05, 0.1) is 12.0 Å². The Bertz CT molecular complexity index is 681. The van der Waals surface area contributed by atoms with Gasteiger partial charge in [0, 0.05) is 18.5 Å². The third-order valence-corrected chi connectivity index (χ3v) is 5.25. The Labute approximate surface area is 148 Å². The monoisotopic (exact) mass is 346 g/mol. The fourth-order valence-electron chi connectivity index (χ4n) is 3.90. The molecule has 2 atom stereocenters. The van der Waals surface area contributed by atoms with Crippen LogP contribution in [-0.4, -0.2) is 29.8 Å². The molecule has 136 valence electrons. The summed E-state index contributed by atoms with van der Waals surface area (Å²) < 4.78 is 13.9. The van der Waals surface area contributed by atoms with Crippen LogP contribution in [0.1, 0.15) is 57.2 Å². The number of hydrogen-bond donors (Lipinski definition) is 1. The van der Waals surface area contributed by atoms with Crippen LogP contribution < -0.4 is 5.32 Å². The lowest BCUT2D eigenvalue weighted by Gasteiger charge is -2.36. The molecule has 5 heteroatoms. The smallest absolute Gasteiger partial charge is 0.227 e. The molecular formula is C20H27FN2O2. The van der Waals surface area contributed by atoms with Crippen LogP contribution in [-0.2, 0) is 16.0 Å². The van der Waals surface area contributed by atoms with Crippen molar-refractivity contribution in [1.82, 2.24) is 10.2 Å². The minimum absolute atomic E-state index is 0.0199. The van der Waals surface area contributed by atoms with Crippen molar-refractivity contribution >= 4 is 11.8 Å². The second kappa shape index (κ2) is 6.77. The van der Waals surface area contributed by atoms with Crippen molar-refractivity contribution in [2.75, 3.05) is 13.1 Å². The van der Waals surface area contributed by atoms with Crippen molar-refractivity contribution in [3.8, 4) is 0 Å². The molecule has 25 heavy (non-hydrogen) atoms. The average molecular weight is 346 g/mol. The summed E-state index contributed by atoms with van der Waals surface area (Å²) in [6.45, 7) is 6.91. The molecule has 0 saturated carbocycles. The highest BCUT2D eigenvalue weighted by Crippen LogP contribution is 2.33. The number of amides is 2. The van der Waals surface area contributed by atoms with Crippen molar-refractivity contribution in [2.24, 2.45) is 11.3 Å². The number of carbonyl (C=O) groups is 2. The van der Waals surface area contributed by atoms with Crippen LogP contribution in [0.25, 0.3) is 0 Å². The first-order chi connectivity index (χ1) is 11.8. The Kier molecular flexibility index (Phi) is 4.85. The number of carbonyl (C=O) groups excluding carboxylic acids is 2. The van der Waals surface area contributed by atoms with E-state index in [0.29, 0.717) is 13.0 Å². The number of nitrogens with one attached hydrogen (secondary N) is 1. The SMILES string of the molecule is CC(C)(C)C(=O)N1CCC[C@@H](C(=O)N[C@@H]2CCc3c(F)cccc32)C1. The lowest BCUT2D eigenvalue weighted by atomic mass is 9.90. The van der Waals surface area contributed by atoms with Crippen LogP contribution in [0.2, 0.25) is 0 Å². The van der Waals surface area contributed by atoms with Crippen LogP contribution in [0.4, 0.5) is 4.39 Å². The summed E-state index contributed by atoms with van der Waals surface area (Å²) in [5, 5.41) is 3.09. The number of nitrogens with zero attached hydrogens (tertiary/aromatic N) is 1. The first-order valence-electron chi connectivity index (χ1n) is 9.14. The predicted octanol–water partition coefficient (Wildman–Crippen LogP) is 3.21. The zero-order valence-corrected chi connectivity index (χ0v) is 15.3. The molecule has 1 aliphatic carbocycles. The van der Waals surface area contributed by atoms with E-state index in [1.807, 2.05) is 31.7 Å². The molecule has 1 N–H and O–H groups in total. The van der Waals surface area contributed by atoms with E-state index < -0.39 is 5.41 Å². The van der Waals surface area contributed by atoms with E-state index in [2.05, 4.69) is 5.32 Å². The van der Waals surface area contributed by atoms with Crippen LogP contribution >= 0.6 is 0 Å². The van der Waals surface area contributed by atoms with Gasteiger partial charge in [-0.05, 0) is 42.9 Å². The molecule has 1 aromatic carbocycles. The number of rotatable bonds is 2. The van der Waals surface area contributed by atoms with Gasteiger partial charge in [-0.3, -0.25) is 9.59 Å². The lowest BCUT2D eigenvalue weighted by Crippen LogP contribution is -2.49. The molecular weight excluding hydrogens is 319 g/mol. The van der Waals surface area contributed by atoms with E-state index in [1.54, 1.807) is 6.07 Å². The van der Waals surface area contributed by atoms with E-state index in [9.17, 15) is 14.0 Å². The second-order valence-electron chi connectivity index (χ2n) is 8.25. The predicted molar refractivity (Wildman–Crippen MR) is 94.4 cm³/mol. The van der Waals surface area contributed by atoms with E-state index in [4.69, 9.17) is 0 Å². The maximum atomic E-state index is 13.9. The van der Waals surface area contributed by atoms with Crippen molar-refractivity contribution in [3.05, 3.63) is 35.1 Å². The zero-order valence-electron chi connectivity index (χ0n) is 15.3. The third kappa shape index (κ3) is 3.70. The Morgan fingerprint density at radius 2 is 2.00 bits per heavy atom. The largest absolute Gasteiger partial charge is 0.349 e. The average Bonchev–Trinajstić information content (AvgIpc) is 2.98. The van der Waals surface area contributed by atoms with Gasteiger partial charge in [-0.1, -0.05) is 32.9 Å². The highest BCUT2D eigenvalue weighted by Gasteiger charge is 2.35. The Morgan fingerprint density at radius 3 is 2.72 bits per heavy atom. The maximum absolute atomic E-state index is 13.9. The standard InChI is InChI=1S/C20H27FN2O2/c1-20(2,3)19(25)23-11-5-6-13(12-23)18(24)22-17-10-9-14-15(17)7-4-8-16(14)21/h4,7-8,13,17H,5-6,9-12H2,1-3H3,(H,22,24)/t13-,17-/m1/s1. The van der Waals surface area contributed by atoms with Crippen molar-refractivity contribution in [3.63, 3.8) is 0 Å². The van der Waals surface area contributed by atoms with E-state index >= 15 is 0 Å². The molecule has 3 rings (SSSR count). The van der Waals surface area contributed by atoms with Gasteiger partial charge in [0.1, 0.15) is 5.82 Å². The summed E-state index contributed by atoms with van der Waals surface area (Å²) in [6.07, 6.45) is 3.03. The summed E-state index contributed by atoms with van der Waals surface area (Å²) in [4.78, 5) is 27.0. The first-order valence-corrected chi connectivity index (χ1v) is 9.14. The molecule has 0 spiro atoms. The third-order valence-electron chi connectivity index (χ3n) is 5.25. The summed E-state index contributed by atoms with van der Waals surface area (Å²) in [5.74, 6) is -0.293. The Balaban J connectivity index is 1.65. The van der Waals surface area contributed by atoms with Crippen LogP contribution in [0.3, 0.4) is 0 Å². The Morgan fingerprint density at radius 1 is 1.24 bits per heavy atom. The van der Waals surface area contributed by atoms with E-state index in [0.717, 1.165) is 36.9 Å². The zero-order chi connectivity index (χ0) is 18.2. The number of likely N-dealkylation sites (tertiary alicyclic amines) is 1. The highest BCUT2D eigenvalue weighted by atomic mass is 19.1. The molecule has 1 heterocycles. The number of halogens is 1. The summed E-state index contributed by atoms with van der Waals surface area (Å²) in [7, 11) is 0.